The van der Waals surface area contributed by atoms with Crippen LogP contribution >= 0.6 is 27.5 Å². The van der Waals surface area contributed by atoms with Gasteiger partial charge in [0.2, 0.25) is 0 Å². The Labute approximate surface area is 144 Å². The van der Waals surface area contributed by atoms with Gasteiger partial charge in [0.15, 0.2) is 0 Å². The van der Waals surface area contributed by atoms with Crippen LogP contribution in [0.2, 0.25) is 5.02 Å². The van der Waals surface area contributed by atoms with Crippen LogP contribution in [0.3, 0.4) is 0 Å². The van der Waals surface area contributed by atoms with Crippen molar-refractivity contribution in [2.24, 2.45) is 0 Å². The molecule has 2 aromatic rings. The normalized spacial score (nSPS) is 9.77. The molecular formula is C18H15BrClNO. The van der Waals surface area contributed by atoms with Crippen LogP contribution in [0.4, 0.5) is 0 Å². The van der Waals surface area contributed by atoms with Crippen LogP contribution < -0.4 is 0 Å². The number of nitrogens with zero attached hydrogens (tertiary/aromatic N) is 1. The van der Waals surface area contributed by atoms with Gasteiger partial charge in [0.25, 0.3) is 5.91 Å². The zero-order valence-electron chi connectivity index (χ0n) is 12.1. The van der Waals surface area contributed by atoms with Crippen molar-refractivity contribution < 1.29 is 4.79 Å². The lowest BCUT2D eigenvalue weighted by Crippen LogP contribution is -2.29. The number of halogens is 2. The topological polar surface area (TPSA) is 20.3 Å². The quantitative estimate of drug-likeness (QED) is 0.711. The Kier molecular flexibility index (Phi) is 6.06. The Morgan fingerprint density at radius 1 is 1.18 bits per heavy atom. The minimum Gasteiger partial charge on any atom is -0.323 e. The first-order valence-corrected chi connectivity index (χ1v) is 7.96. The molecule has 0 saturated carbocycles. The van der Waals surface area contributed by atoms with E-state index in [9.17, 15) is 4.79 Å². The van der Waals surface area contributed by atoms with Gasteiger partial charge in [-0.05, 0) is 42.2 Å². The maximum atomic E-state index is 12.3. The third-order valence-corrected chi connectivity index (χ3v) is 4.11. The highest BCUT2D eigenvalue weighted by Crippen LogP contribution is 2.23. The molecule has 0 radical (unpaired) electrons. The van der Waals surface area contributed by atoms with Crippen LogP contribution in [-0.2, 0) is 17.9 Å². The summed E-state index contributed by atoms with van der Waals surface area (Å²) in [5.41, 5.74) is 2.02. The fourth-order valence-electron chi connectivity index (χ4n) is 2.06. The Bertz CT molecular complexity index is 719. The van der Waals surface area contributed by atoms with Crippen LogP contribution in [0.5, 0.6) is 0 Å². The van der Waals surface area contributed by atoms with E-state index in [4.69, 9.17) is 11.6 Å². The molecule has 0 aliphatic heterocycles. The lowest BCUT2D eigenvalue weighted by Gasteiger charge is -2.21. The maximum absolute atomic E-state index is 12.3. The minimum absolute atomic E-state index is 0.196. The number of carbonyl (C=O) groups is 1. The zero-order chi connectivity index (χ0) is 15.9. The van der Waals surface area contributed by atoms with Crippen LogP contribution in [0.15, 0.2) is 53.0 Å². The Morgan fingerprint density at radius 2 is 1.91 bits per heavy atom. The summed E-state index contributed by atoms with van der Waals surface area (Å²) >= 11 is 9.55. The van der Waals surface area contributed by atoms with Crippen molar-refractivity contribution in [2.75, 3.05) is 0 Å². The zero-order valence-corrected chi connectivity index (χ0v) is 14.5. The number of benzene rings is 2. The molecule has 0 bridgehead atoms. The van der Waals surface area contributed by atoms with Gasteiger partial charge in [0.1, 0.15) is 0 Å². The van der Waals surface area contributed by atoms with E-state index in [0.29, 0.717) is 18.1 Å². The van der Waals surface area contributed by atoms with E-state index in [-0.39, 0.29) is 5.91 Å². The van der Waals surface area contributed by atoms with Crippen molar-refractivity contribution in [1.82, 2.24) is 4.90 Å². The average molecular weight is 377 g/mol. The van der Waals surface area contributed by atoms with Gasteiger partial charge in [0.05, 0.1) is 0 Å². The van der Waals surface area contributed by atoms with Crippen molar-refractivity contribution in [1.29, 1.82) is 0 Å². The van der Waals surface area contributed by atoms with E-state index in [2.05, 4.69) is 27.8 Å². The molecule has 112 valence electrons. The molecule has 0 unspecified atom stereocenters. The summed E-state index contributed by atoms with van der Waals surface area (Å²) in [7, 11) is 0. The van der Waals surface area contributed by atoms with E-state index in [0.717, 1.165) is 15.6 Å². The third kappa shape index (κ3) is 4.62. The van der Waals surface area contributed by atoms with Crippen LogP contribution in [0.1, 0.15) is 18.1 Å². The summed E-state index contributed by atoms with van der Waals surface area (Å²) in [5, 5.41) is 0.645. The molecule has 0 spiro atoms. The summed E-state index contributed by atoms with van der Waals surface area (Å²) in [6, 6.07) is 15.4. The monoisotopic (exact) mass is 375 g/mol. The molecule has 4 heteroatoms. The van der Waals surface area contributed by atoms with Gasteiger partial charge in [-0.2, -0.15) is 0 Å². The SMILES string of the molecule is CC#CC(=O)N(Cc1ccccc1)Cc1cc(Cl)ccc1Br. The van der Waals surface area contributed by atoms with E-state index >= 15 is 0 Å². The van der Waals surface area contributed by atoms with E-state index in [1.54, 1.807) is 11.8 Å². The van der Waals surface area contributed by atoms with E-state index < -0.39 is 0 Å². The smallest absolute Gasteiger partial charge is 0.299 e. The van der Waals surface area contributed by atoms with Gasteiger partial charge in [0, 0.05) is 22.6 Å². The predicted molar refractivity (Wildman–Crippen MR) is 93.3 cm³/mol. The van der Waals surface area contributed by atoms with Crippen LogP contribution in [0, 0.1) is 11.8 Å². The van der Waals surface area contributed by atoms with Crippen molar-refractivity contribution in [3.63, 3.8) is 0 Å². The summed E-state index contributed by atoms with van der Waals surface area (Å²) in [5.74, 6) is 5.08. The maximum Gasteiger partial charge on any atom is 0.299 e. The molecule has 1 amide bonds. The molecule has 0 aromatic heterocycles. The highest BCUT2D eigenvalue weighted by Gasteiger charge is 2.14. The molecule has 2 aromatic carbocycles. The fourth-order valence-corrected chi connectivity index (χ4v) is 2.63. The second-order valence-corrected chi connectivity index (χ2v) is 6.05. The van der Waals surface area contributed by atoms with E-state index in [1.165, 1.54) is 0 Å². The first-order chi connectivity index (χ1) is 10.6. The molecule has 0 atom stereocenters. The Balaban J connectivity index is 2.25. The molecule has 0 saturated heterocycles. The molecule has 0 heterocycles. The average Bonchev–Trinajstić information content (AvgIpc) is 2.51. The summed E-state index contributed by atoms with van der Waals surface area (Å²) in [6.45, 7) is 2.62. The van der Waals surface area contributed by atoms with Crippen molar-refractivity contribution >= 4 is 33.4 Å². The number of hydrogen-bond acceptors (Lipinski definition) is 1. The fraction of sp³-hybridized carbons (Fsp3) is 0.167. The summed E-state index contributed by atoms with van der Waals surface area (Å²) in [4.78, 5) is 14.0. The molecule has 0 fully saturated rings. The molecule has 2 rings (SSSR count). The van der Waals surface area contributed by atoms with E-state index in [1.807, 2.05) is 48.5 Å². The largest absolute Gasteiger partial charge is 0.323 e. The van der Waals surface area contributed by atoms with Gasteiger partial charge in [-0.15, -0.1) is 0 Å². The van der Waals surface area contributed by atoms with Crippen molar-refractivity contribution in [3.05, 3.63) is 69.2 Å². The van der Waals surface area contributed by atoms with Crippen molar-refractivity contribution in [3.8, 4) is 11.8 Å². The number of carbonyl (C=O) groups excluding carboxylic acids is 1. The molecule has 0 N–H and O–H groups in total. The number of rotatable bonds is 4. The van der Waals surface area contributed by atoms with Gasteiger partial charge in [-0.25, -0.2) is 0 Å². The molecule has 0 aliphatic rings. The number of amides is 1. The van der Waals surface area contributed by atoms with Gasteiger partial charge >= 0.3 is 0 Å². The second kappa shape index (κ2) is 8.03. The standard InChI is InChI=1S/C18H15BrClNO/c1-2-6-18(22)21(12-14-7-4-3-5-8-14)13-15-11-16(20)9-10-17(15)19/h3-5,7-11H,12-13H2,1H3. The van der Waals surface area contributed by atoms with Gasteiger partial charge in [-0.1, -0.05) is 63.8 Å². The highest BCUT2D eigenvalue weighted by atomic mass is 79.9. The Hall–Kier alpha value is -1.76. The van der Waals surface area contributed by atoms with Crippen LogP contribution in [-0.4, -0.2) is 10.8 Å². The molecular weight excluding hydrogens is 362 g/mol. The number of hydrogen-bond donors (Lipinski definition) is 0. The predicted octanol–water partition coefficient (Wildman–Crippen LogP) is 4.65. The second-order valence-electron chi connectivity index (χ2n) is 4.76. The van der Waals surface area contributed by atoms with Crippen molar-refractivity contribution in [2.45, 2.75) is 20.0 Å². The lowest BCUT2D eigenvalue weighted by molar-refractivity contribution is -0.126. The summed E-state index contributed by atoms with van der Waals surface area (Å²) < 4.78 is 0.923. The lowest BCUT2D eigenvalue weighted by atomic mass is 10.1. The first kappa shape index (κ1) is 16.6. The molecule has 2 nitrogen and oxygen atoms in total. The summed E-state index contributed by atoms with van der Waals surface area (Å²) in [6.07, 6.45) is 0. The van der Waals surface area contributed by atoms with Gasteiger partial charge in [-0.3, -0.25) is 4.79 Å². The highest BCUT2D eigenvalue weighted by molar-refractivity contribution is 9.10. The third-order valence-electron chi connectivity index (χ3n) is 3.10. The van der Waals surface area contributed by atoms with Gasteiger partial charge < -0.3 is 4.90 Å². The Morgan fingerprint density at radius 3 is 2.59 bits per heavy atom. The minimum atomic E-state index is -0.196. The van der Waals surface area contributed by atoms with Crippen LogP contribution in [0.25, 0.3) is 0 Å². The molecule has 22 heavy (non-hydrogen) atoms. The molecule has 0 aliphatic carbocycles. The first-order valence-electron chi connectivity index (χ1n) is 6.79.